The van der Waals surface area contributed by atoms with E-state index >= 15 is 0 Å². The van der Waals surface area contributed by atoms with Crippen LogP contribution in [0.5, 0.6) is 0 Å². The molecule has 2 atom stereocenters. The molecule has 0 aromatic heterocycles. The smallest absolute Gasteiger partial charge is 0.111 e. The highest BCUT2D eigenvalue weighted by atomic mass is 16.6. The predicted octanol–water partition coefficient (Wildman–Crippen LogP) is 2.26. The molecule has 1 aromatic carbocycles. The minimum atomic E-state index is -0.600. The van der Waals surface area contributed by atoms with Gasteiger partial charge < -0.3 is 14.6 Å². The monoisotopic (exact) mass is 236 g/mol. The van der Waals surface area contributed by atoms with Crippen molar-refractivity contribution in [3.8, 4) is 0 Å². The lowest BCUT2D eigenvalue weighted by atomic mass is 9.98. The van der Waals surface area contributed by atoms with E-state index in [4.69, 9.17) is 9.47 Å². The van der Waals surface area contributed by atoms with E-state index in [-0.39, 0.29) is 6.10 Å². The minimum Gasteiger partial charge on any atom is -0.386 e. The second-order valence-corrected chi connectivity index (χ2v) is 4.75. The van der Waals surface area contributed by atoms with Crippen molar-refractivity contribution < 1.29 is 14.6 Å². The Balaban J connectivity index is 2.05. The molecule has 17 heavy (non-hydrogen) atoms. The Kier molecular flexibility index (Phi) is 4.15. The zero-order valence-electron chi connectivity index (χ0n) is 10.4. The number of hydrogen-bond acceptors (Lipinski definition) is 3. The van der Waals surface area contributed by atoms with Crippen molar-refractivity contribution in [2.24, 2.45) is 0 Å². The molecule has 0 spiro atoms. The summed E-state index contributed by atoms with van der Waals surface area (Å²) in [5.74, 6) is 0.510. The lowest BCUT2D eigenvalue weighted by molar-refractivity contribution is -0.133. The highest BCUT2D eigenvalue weighted by Crippen LogP contribution is 2.23. The van der Waals surface area contributed by atoms with E-state index in [2.05, 4.69) is 26.0 Å². The van der Waals surface area contributed by atoms with Crippen molar-refractivity contribution in [1.29, 1.82) is 0 Å². The van der Waals surface area contributed by atoms with Crippen LogP contribution in [0, 0.1) is 0 Å². The first-order chi connectivity index (χ1) is 8.18. The van der Waals surface area contributed by atoms with Crippen LogP contribution < -0.4 is 0 Å². The molecule has 0 saturated carbocycles. The maximum Gasteiger partial charge on any atom is 0.111 e. The summed E-state index contributed by atoms with van der Waals surface area (Å²) in [5.41, 5.74) is 2.17. The molecule has 2 rings (SSSR count). The Morgan fingerprint density at radius 1 is 1.12 bits per heavy atom. The number of aliphatic hydroxyl groups excluding tert-OH is 1. The average Bonchev–Trinajstić information content (AvgIpc) is 2.39. The van der Waals surface area contributed by atoms with E-state index in [9.17, 15) is 5.11 Å². The summed E-state index contributed by atoms with van der Waals surface area (Å²) in [7, 11) is 0. The van der Waals surface area contributed by atoms with Gasteiger partial charge in [-0.05, 0) is 17.0 Å². The lowest BCUT2D eigenvalue weighted by Gasteiger charge is -2.27. The Bertz CT molecular complexity index is 339. The lowest BCUT2D eigenvalue weighted by Crippen LogP contribution is -2.33. The molecule has 0 aliphatic carbocycles. The summed E-state index contributed by atoms with van der Waals surface area (Å²) < 4.78 is 10.8. The van der Waals surface area contributed by atoms with E-state index < -0.39 is 6.10 Å². The molecule has 1 heterocycles. The van der Waals surface area contributed by atoms with Gasteiger partial charge >= 0.3 is 0 Å². The van der Waals surface area contributed by atoms with Gasteiger partial charge in [0.15, 0.2) is 0 Å². The summed E-state index contributed by atoms with van der Waals surface area (Å²) in [6, 6.07) is 8.07. The first-order valence-electron chi connectivity index (χ1n) is 6.15. The van der Waals surface area contributed by atoms with Crippen LogP contribution in [0.2, 0.25) is 0 Å². The standard InChI is InChI=1S/C14H20O3/c1-10(2)11-3-5-12(6-4-11)14(15)13-9-16-7-8-17-13/h3-6,10,13-15H,7-9H2,1-2H3. The molecular weight excluding hydrogens is 216 g/mol. The van der Waals surface area contributed by atoms with Gasteiger partial charge in [0, 0.05) is 0 Å². The molecule has 1 aliphatic heterocycles. The minimum absolute atomic E-state index is 0.242. The Morgan fingerprint density at radius 3 is 2.29 bits per heavy atom. The first kappa shape index (κ1) is 12.6. The van der Waals surface area contributed by atoms with E-state index in [1.165, 1.54) is 5.56 Å². The molecule has 1 N–H and O–H groups in total. The van der Waals surface area contributed by atoms with Crippen LogP contribution in [0.4, 0.5) is 0 Å². The van der Waals surface area contributed by atoms with Crippen molar-refractivity contribution in [3.05, 3.63) is 35.4 Å². The molecule has 0 bridgehead atoms. The van der Waals surface area contributed by atoms with E-state index in [1.54, 1.807) is 0 Å². The summed E-state index contributed by atoms with van der Waals surface area (Å²) in [4.78, 5) is 0. The molecule has 0 amide bonds. The van der Waals surface area contributed by atoms with Gasteiger partial charge in [0.2, 0.25) is 0 Å². The van der Waals surface area contributed by atoms with Gasteiger partial charge in [0.05, 0.1) is 19.8 Å². The zero-order valence-corrected chi connectivity index (χ0v) is 10.4. The van der Waals surface area contributed by atoms with Crippen LogP contribution in [0.15, 0.2) is 24.3 Å². The number of rotatable bonds is 3. The second kappa shape index (κ2) is 5.63. The summed E-state index contributed by atoms with van der Waals surface area (Å²) >= 11 is 0. The molecular formula is C14H20O3. The van der Waals surface area contributed by atoms with Crippen LogP contribution in [-0.2, 0) is 9.47 Å². The normalized spacial score (nSPS) is 22.7. The highest BCUT2D eigenvalue weighted by Gasteiger charge is 2.24. The SMILES string of the molecule is CC(C)c1ccc(C(O)C2COCCO2)cc1. The van der Waals surface area contributed by atoms with Gasteiger partial charge in [-0.15, -0.1) is 0 Å². The van der Waals surface area contributed by atoms with Gasteiger partial charge in [-0.1, -0.05) is 38.1 Å². The van der Waals surface area contributed by atoms with Gasteiger partial charge in [-0.25, -0.2) is 0 Å². The molecule has 1 aromatic rings. The first-order valence-corrected chi connectivity index (χ1v) is 6.15. The fraction of sp³-hybridized carbons (Fsp3) is 0.571. The van der Waals surface area contributed by atoms with E-state index in [0.717, 1.165) is 5.56 Å². The highest BCUT2D eigenvalue weighted by molar-refractivity contribution is 5.26. The third-order valence-electron chi connectivity index (χ3n) is 3.14. The maximum atomic E-state index is 10.2. The molecule has 0 radical (unpaired) electrons. The third-order valence-corrected chi connectivity index (χ3v) is 3.14. The molecule has 1 saturated heterocycles. The van der Waals surface area contributed by atoms with Crippen molar-refractivity contribution in [2.75, 3.05) is 19.8 Å². The average molecular weight is 236 g/mol. The summed E-state index contributed by atoms with van der Waals surface area (Å²) in [5, 5.41) is 10.2. The topological polar surface area (TPSA) is 38.7 Å². The van der Waals surface area contributed by atoms with Gasteiger partial charge in [-0.3, -0.25) is 0 Å². The van der Waals surface area contributed by atoms with Crippen LogP contribution in [0.3, 0.4) is 0 Å². The van der Waals surface area contributed by atoms with Crippen LogP contribution in [0.1, 0.15) is 37.0 Å². The molecule has 94 valence electrons. The largest absolute Gasteiger partial charge is 0.386 e. The fourth-order valence-electron chi connectivity index (χ4n) is 1.98. The van der Waals surface area contributed by atoms with Gasteiger partial charge in [0.1, 0.15) is 12.2 Å². The number of aliphatic hydroxyl groups is 1. The van der Waals surface area contributed by atoms with Gasteiger partial charge in [0.25, 0.3) is 0 Å². The van der Waals surface area contributed by atoms with Crippen LogP contribution in [-0.4, -0.2) is 31.0 Å². The van der Waals surface area contributed by atoms with Crippen LogP contribution in [0.25, 0.3) is 0 Å². The molecule has 3 nitrogen and oxygen atoms in total. The summed E-state index contributed by atoms with van der Waals surface area (Å²) in [6.07, 6.45) is -0.842. The van der Waals surface area contributed by atoms with E-state index in [0.29, 0.717) is 25.7 Å². The maximum absolute atomic E-state index is 10.2. The number of benzene rings is 1. The Hall–Kier alpha value is -0.900. The molecule has 3 heteroatoms. The Labute approximate surface area is 102 Å². The zero-order chi connectivity index (χ0) is 12.3. The summed E-state index contributed by atoms with van der Waals surface area (Å²) in [6.45, 7) is 5.96. The fourth-order valence-corrected chi connectivity index (χ4v) is 1.98. The van der Waals surface area contributed by atoms with Crippen molar-refractivity contribution >= 4 is 0 Å². The quantitative estimate of drug-likeness (QED) is 0.875. The van der Waals surface area contributed by atoms with E-state index in [1.807, 2.05) is 12.1 Å². The van der Waals surface area contributed by atoms with Crippen molar-refractivity contribution in [1.82, 2.24) is 0 Å². The van der Waals surface area contributed by atoms with Crippen molar-refractivity contribution in [3.63, 3.8) is 0 Å². The molecule has 2 unspecified atom stereocenters. The number of ether oxygens (including phenoxy) is 2. The van der Waals surface area contributed by atoms with Crippen molar-refractivity contribution in [2.45, 2.75) is 32.0 Å². The number of hydrogen-bond donors (Lipinski definition) is 1. The van der Waals surface area contributed by atoms with Gasteiger partial charge in [-0.2, -0.15) is 0 Å². The second-order valence-electron chi connectivity index (χ2n) is 4.75. The predicted molar refractivity (Wildman–Crippen MR) is 66.0 cm³/mol. The molecule has 1 fully saturated rings. The Morgan fingerprint density at radius 2 is 1.76 bits per heavy atom. The van der Waals surface area contributed by atoms with Crippen LogP contribution >= 0.6 is 0 Å². The molecule has 1 aliphatic rings. The third kappa shape index (κ3) is 3.06.